The topological polar surface area (TPSA) is 61.9 Å². The van der Waals surface area contributed by atoms with Gasteiger partial charge in [0.05, 0.1) is 18.0 Å². The van der Waals surface area contributed by atoms with Crippen LogP contribution in [0.3, 0.4) is 0 Å². The highest BCUT2D eigenvalue weighted by Gasteiger charge is 2.39. The number of rotatable bonds is 4. The number of hydrogen-bond donors (Lipinski definition) is 2. The Labute approximate surface area is 216 Å². The number of nitrogens with zero attached hydrogens (tertiary/aromatic N) is 2. The molecular weight excluding hydrogens is 477 g/mol. The number of ether oxygens (including phenoxy) is 1. The van der Waals surface area contributed by atoms with Crippen LogP contribution < -0.4 is 10.1 Å². The van der Waals surface area contributed by atoms with Gasteiger partial charge in [-0.3, -0.25) is 24.7 Å². The van der Waals surface area contributed by atoms with E-state index >= 15 is 0 Å². The number of thiol groups is 1. The number of halogens is 1. The lowest BCUT2D eigenvalue weighted by Gasteiger charge is -2.38. The molecule has 0 spiro atoms. The van der Waals surface area contributed by atoms with Crippen LogP contribution in [0, 0.1) is 11.7 Å². The van der Waals surface area contributed by atoms with E-state index in [4.69, 9.17) is 17.4 Å². The fourth-order valence-corrected chi connectivity index (χ4v) is 7.03. The maximum Gasteiger partial charge on any atom is 0.243 e. The minimum Gasteiger partial charge on any atom is -0.493 e. The summed E-state index contributed by atoms with van der Waals surface area (Å²) in [5.74, 6) is 1.13. The molecule has 8 heteroatoms. The summed E-state index contributed by atoms with van der Waals surface area (Å²) >= 11 is 4.81. The molecule has 2 aromatic rings. The SMILES string of the molecule is O=C1CCC(N2Cc3cc(CN4CCC(C5CCOc6cc(F)ccc65)CC4)ccc3C2S)C(=O)N1. The van der Waals surface area contributed by atoms with Crippen LogP contribution in [0.5, 0.6) is 5.75 Å². The van der Waals surface area contributed by atoms with Crippen LogP contribution in [-0.2, 0) is 22.7 Å². The summed E-state index contributed by atoms with van der Waals surface area (Å²) in [6.45, 7) is 4.35. The van der Waals surface area contributed by atoms with E-state index in [1.807, 2.05) is 6.07 Å². The molecule has 6 nitrogen and oxygen atoms in total. The number of carbonyl (C=O) groups is 2. The Balaban J connectivity index is 1.07. The first-order valence-corrected chi connectivity index (χ1v) is 13.5. The highest BCUT2D eigenvalue weighted by atomic mass is 32.1. The molecule has 2 amide bonds. The highest BCUT2D eigenvalue weighted by molar-refractivity contribution is 7.80. The van der Waals surface area contributed by atoms with Gasteiger partial charge >= 0.3 is 0 Å². The molecule has 2 saturated heterocycles. The molecule has 0 aliphatic carbocycles. The molecule has 3 atom stereocenters. The first-order chi connectivity index (χ1) is 17.5. The second-order valence-corrected chi connectivity index (χ2v) is 11.1. The van der Waals surface area contributed by atoms with E-state index in [1.54, 1.807) is 6.07 Å². The van der Waals surface area contributed by atoms with Gasteiger partial charge in [0.15, 0.2) is 0 Å². The first kappa shape index (κ1) is 23.9. The Morgan fingerprint density at radius 2 is 1.83 bits per heavy atom. The Morgan fingerprint density at radius 1 is 1.03 bits per heavy atom. The number of amides is 2. The van der Waals surface area contributed by atoms with Crippen molar-refractivity contribution in [3.63, 3.8) is 0 Å². The number of benzene rings is 2. The number of hydrogen-bond acceptors (Lipinski definition) is 6. The van der Waals surface area contributed by atoms with Gasteiger partial charge in [0.25, 0.3) is 0 Å². The van der Waals surface area contributed by atoms with Gasteiger partial charge in [-0.1, -0.05) is 24.3 Å². The van der Waals surface area contributed by atoms with Gasteiger partial charge in [0.1, 0.15) is 11.6 Å². The number of likely N-dealkylation sites (tertiary alicyclic amines) is 1. The maximum atomic E-state index is 13.7. The minimum atomic E-state index is -0.313. The van der Waals surface area contributed by atoms with Gasteiger partial charge in [0.2, 0.25) is 11.8 Å². The Kier molecular flexibility index (Phi) is 6.52. The zero-order chi connectivity index (χ0) is 24.8. The summed E-state index contributed by atoms with van der Waals surface area (Å²) in [7, 11) is 0. The van der Waals surface area contributed by atoms with Crippen LogP contribution in [0.2, 0.25) is 0 Å². The quantitative estimate of drug-likeness (QED) is 0.479. The van der Waals surface area contributed by atoms with Crippen molar-refractivity contribution in [3.8, 4) is 5.75 Å². The number of imide groups is 1. The first-order valence-electron chi connectivity index (χ1n) is 13.0. The summed E-state index contributed by atoms with van der Waals surface area (Å²) in [6, 6.07) is 11.3. The highest BCUT2D eigenvalue weighted by Crippen LogP contribution is 2.43. The van der Waals surface area contributed by atoms with E-state index in [-0.39, 0.29) is 29.0 Å². The van der Waals surface area contributed by atoms with Crippen molar-refractivity contribution < 1.29 is 18.7 Å². The van der Waals surface area contributed by atoms with Crippen LogP contribution in [0.25, 0.3) is 0 Å². The molecular formula is C28H32FN3O3S. The smallest absolute Gasteiger partial charge is 0.243 e. The normalized spacial score (nSPS) is 27.3. The van der Waals surface area contributed by atoms with Crippen molar-refractivity contribution in [2.45, 2.75) is 62.5 Å². The molecule has 2 aromatic carbocycles. The predicted molar refractivity (Wildman–Crippen MR) is 137 cm³/mol. The largest absolute Gasteiger partial charge is 0.493 e. The molecule has 4 aliphatic heterocycles. The van der Waals surface area contributed by atoms with Gasteiger partial charge in [-0.05, 0) is 78.9 Å². The Morgan fingerprint density at radius 3 is 2.64 bits per heavy atom. The van der Waals surface area contributed by atoms with Crippen molar-refractivity contribution in [2.24, 2.45) is 5.92 Å². The second-order valence-electron chi connectivity index (χ2n) is 10.6. The lowest BCUT2D eigenvalue weighted by molar-refractivity contribution is -0.137. The van der Waals surface area contributed by atoms with Crippen LogP contribution in [0.4, 0.5) is 4.39 Å². The predicted octanol–water partition coefficient (Wildman–Crippen LogP) is 4.15. The third-order valence-electron chi connectivity index (χ3n) is 8.43. The van der Waals surface area contributed by atoms with Crippen molar-refractivity contribution in [1.82, 2.24) is 15.1 Å². The monoisotopic (exact) mass is 509 g/mol. The molecule has 36 heavy (non-hydrogen) atoms. The van der Waals surface area contributed by atoms with Crippen molar-refractivity contribution >= 4 is 24.4 Å². The Bertz CT molecular complexity index is 1180. The molecule has 4 heterocycles. The van der Waals surface area contributed by atoms with Gasteiger partial charge in [0, 0.05) is 25.6 Å². The average molecular weight is 510 g/mol. The van der Waals surface area contributed by atoms with Gasteiger partial charge < -0.3 is 4.74 Å². The van der Waals surface area contributed by atoms with E-state index in [0.717, 1.165) is 50.2 Å². The molecule has 4 aliphatic rings. The van der Waals surface area contributed by atoms with Crippen molar-refractivity contribution in [3.05, 3.63) is 64.5 Å². The molecule has 2 fully saturated rings. The summed E-state index contributed by atoms with van der Waals surface area (Å²) in [4.78, 5) is 28.6. The lowest BCUT2D eigenvalue weighted by Crippen LogP contribution is -2.51. The molecule has 0 saturated carbocycles. The van der Waals surface area contributed by atoms with Gasteiger partial charge in [-0.15, -0.1) is 0 Å². The number of piperidine rings is 2. The number of fused-ring (bicyclic) bond motifs is 2. The molecule has 0 aromatic heterocycles. The molecule has 1 N–H and O–H groups in total. The zero-order valence-corrected chi connectivity index (χ0v) is 21.2. The molecule has 0 radical (unpaired) electrons. The minimum absolute atomic E-state index is 0.135. The second kappa shape index (κ2) is 9.80. The van der Waals surface area contributed by atoms with Crippen molar-refractivity contribution in [2.75, 3.05) is 19.7 Å². The van der Waals surface area contributed by atoms with E-state index in [2.05, 4.69) is 33.3 Å². The van der Waals surface area contributed by atoms with E-state index in [9.17, 15) is 14.0 Å². The maximum absolute atomic E-state index is 13.7. The number of carbonyl (C=O) groups excluding carboxylic acids is 2. The van der Waals surface area contributed by atoms with Gasteiger partial charge in [-0.25, -0.2) is 4.39 Å². The van der Waals surface area contributed by atoms with Crippen LogP contribution in [0.1, 0.15) is 65.6 Å². The molecule has 190 valence electrons. The van der Waals surface area contributed by atoms with Crippen LogP contribution in [0.15, 0.2) is 36.4 Å². The van der Waals surface area contributed by atoms with E-state index < -0.39 is 0 Å². The van der Waals surface area contributed by atoms with Crippen LogP contribution >= 0.6 is 12.6 Å². The number of nitrogens with one attached hydrogen (secondary N) is 1. The van der Waals surface area contributed by atoms with E-state index in [1.165, 1.54) is 22.8 Å². The fraction of sp³-hybridized carbons (Fsp3) is 0.500. The van der Waals surface area contributed by atoms with Crippen molar-refractivity contribution in [1.29, 1.82) is 0 Å². The average Bonchev–Trinajstić information content (AvgIpc) is 3.19. The molecule has 6 rings (SSSR count). The molecule has 0 bridgehead atoms. The third-order valence-corrected chi connectivity index (χ3v) is 9.01. The summed E-state index contributed by atoms with van der Waals surface area (Å²) in [5.41, 5.74) is 4.82. The standard InChI is InChI=1S/C28H32FN3O3S/c29-20-2-4-23-21(9-12-35-25(23)14-20)18-7-10-31(11-8-18)15-17-1-3-22-19(13-17)16-32(28(22)36)24-5-6-26(33)30-27(24)34/h1-4,13-14,18,21,24,28,36H,5-12,15-16H2,(H,30,33,34). The zero-order valence-electron chi connectivity index (χ0n) is 20.3. The summed E-state index contributed by atoms with van der Waals surface area (Å²) in [6.07, 6.45) is 4.19. The fourth-order valence-electron chi connectivity index (χ4n) is 6.54. The molecule has 3 unspecified atom stereocenters. The third kappa shape index (κ3) is 4.55. The lowest BCUT2D eigenvalue weighted by atomic mass is 9.77. The van der Waals surface area contributed by atoms with Gasteiger partial charge in [-0.2, -0.15) is 12.6 Å². The summed E-state index contributed by atoms with van der Waals surface area (Å²) in [5, 5.41) is 2.34. The Hall–Kier alpha value is -2.42. The summed E-state index contributed by atoms with van der Waals surface area (Å²) < 4.78 is 19.4. The van der Waals surface area contributed by atoms with Crippen LogP contribution in [-0.4, -0.2) is 47.4 Å². The van der Waals surface area contributed by atoms with E-state index in [0.29, 0.717) is 37.8 Å².